The van der Waals surface area contributed by atoms with Crippen LogP contribution in [0.3, 0.4) is 0 Å². The fourth-order valence-corrected chi connectivity index (χ4v) is 2.41. The number of ether oxygens (including phenoxy) is 4. The van der Waals surface area contributed by atoms with Crippen LogP contribution in [0.15, 0.2) is 36.4 Å². The molecule has 2 rings (SSSR count). The van der Waals surface area contributed by atoms with Crippen molar-refractivity contribution in [1.82, 2.24) is 0 Å². The zero-order chi connectivity index (χ0) is 16.1. The standard InChI is InChI=1S/C17H18O4S/c1-18-12-6-7-13(15(10-12)20-3)17(22)11-5-8-14(19-2)16(9-11)21-4/h5-10H,1-4H3. The highest BCUT2D eigenvalue weighted by molar-refractivity contribution is 7.81. The van der Waals surface area contributed by atoms with Crippen LogP contribution in [0.5, 0.6) is 23.0 Å². The summed E-state index contributed by atoms with van der Waals surface area (Å²) in [7, 11) is 6.41. The lowest BCUT2D eigenvalue weighted by Gasteiger charge is -2.13. The van der Waals surface area contributed by atoms with Gasteiger partial charge in [0, 0.05) is 11.6 Å². The molecule has 0 heterocycles. The van der Waals surface area contributed by atoms with Gasteiger partial charge in [0.2, 0.25) is 0 Å². The minimum absolute atomic E-state index is 0.634. The van der Waals surface area contributed by atoms with Crippen LogP contribution >= 0.6 is 12.2 Å². The quantitative estimate of drug-likeness (QED) is 0.602. The molecule has 0 unspecified atom stereocenters. The van der Waals surface area contributed by atoms with Crippen LogP contribution in [-0.2, 0) is 0 Å². The Morgan fingerprint density at radius 1 is 0.727 bits per heavy atom. The molecule has 2 aromatic rings. The summed E-state index contributed by atoms with van der Waals surface area (Å²) in [5.74, 6) is 2.68. The topological polar surface area (TPSA) is 36.9 Å². The van der Waals surface area contributed by atoms with Crippen molar-refractivity contribution in [1.29, 1.82) is 0 Å². The molecule has 0 aromatic heterocycles. The third kappa shape index (κ3) is 3.14. The Hall–Kier alpha value is -2.27. The first kappa shape index (κ1) is 16.1. The van der Waals surface area contributed by atoms with E-state index >= 15 is 0 Å². The first-order valence-corrected chi connectivity index (χ1v) is 7.04. The number of rotatable bonds is 6. The third-order valence-electron chi connectivity index (χ3n) is 3.30. The molecule has 0 aliphatic carbocycles. The summed E-state index contributed by atoms with van der Waals surface area (Å²) in [4.78, 5) is 0.667. The van der Waals surface area contributed by atoms with Gasteiger partial charge in [-0.1, -0.05) is 12.2 Å². The van der Waals surface area contributed by atoms with E-state index in [1.54, 1.807) is 28.4 Å². The second-order valence-corrected chi connectivity index (χ2v) is 4.87. The number of methoxy groups -OCH3 is 4. The van der Waals surface area contributed by atoms with Gasteiger partial charge in [-0.3, -0.25) is 0 Å². The van der Waals surface area contributed by atoms with E-state index in [-0.39, 0.29) is 0 Å². The number of benzene rings is 2. The molecule has 0 saturated carbocycles. The van der Waals surface area contributed by atoms with Crippen LogP contribution in [0, 0.1) is 0 Å². The van der Waals surface area contributed by atoms with E-state index in [0.29, 0.717) is 22.1 Å². The molecule has 0 aliphatic heterocycles. The van der Waals surface area contributed by atoms with E-state index in [9.17, 15) is 0 Å². The van der Waals surface area contributed by atoms with E-state index < -0.39 is 0 Å². The van der Waals surface area contributed by atoms with E-state index in [2.05, 4.69) is 0 Å². The molecule has 0 N–H and O–H groups in total. The molecular formula is C17H18O4S. The normalized spacial score (nSPS) is 10.0. The van der Waals surface area contributed by atoms with Crippen LogP contribution in [0.25, 0.3) is 0 Å². The first-order chi connectivity index (χ1) is 10.6. The molecule has 0 atom stereocenters. The van der Waals surface area contributed by atoms with Gasteiger partial charge in [-0.05, 0) is 35.9 Å². The maximum atomic E-state index is 5.59. The Labute approximate surface area is 135 Å². The summed E-state index contributed by atoms with van der Waals surface area (Å²) >= 11 is 5.59. The van der Waals surface area contributed by atoms with Gasteiger partial charge in [-0.15, -0.1) is 0 Å². The highest BCUT2D eigenvalue weighted by atomic mass is 32.1. The second kappa shape index (κ2) is 7.13. The van der Waals surface area contributed by atoms with Crippen LogP contribution in [0.2, 0.25) is 0 Å². The van der Waals surface area contributed by atoms with Gasteiger partial charge in [0.15, 0.2) is 11.5 Å². The summed E-state index contributed by atoms with van der Waals surface area (Å²) in [5, 5.41) is 0. The molecule has 0 aliphatic rings. The first-order valence-electron chi connectivity index (χ1n) is 6.63. The van der Waals surface area contributed by atoms with Crippen LogP contribution in [0.1, 0.15) is 11.1 Å². The van der Waals surface area contributed by atoms with Gasteiger partial charge >= 0.3 is 0 Å². The van der Waals surface area contributed by atoms with Crippen molar-refractivity contribution < 1.29 is 18.9 Å². The third-order valence-corrected chi connectivity index (χ3v) is 3.75. The minimum Gasteiger partial charge on any atom is -0.497 e. The summed E-state index contributed by atoms with van der Waals surface area (Å²) < 4.78 is 21.2. The summed E-state index contributed by atoms with van der Waals surface area (Å²) in [6.07, 6.45) is 0. The summed E-state index contributed by atoms with van der Waals surface area (Å²) in [5.41, 5.74) is 1.68. The molecule has 0 saturated heterocycles. The Balaban J connectivity index is 2.43. The molecular weight excluding hydrogens is 300 g/mol. The smallest absolute Gasteiger partial charge is 0.161 e. The molecule has 4 nitrogen and oxygen atoms in total. The second-order valence-electron chi connectivity index (χ2n) is 4.47. The van der Waals surface area contributed by atoms with Gasteiger partial charge in [-0.25, -0.2) is 0 Å². The average Bonchev–Trinajstić information content (AvgIpc) is 2.59. The molecule has 0 amide bonds. The lowest BCUT2D eigenvalue weighted by molar-refractivity contribution is 0.355. The molecule has 0 fully saturated rings. The lowest BCUT2D eigenvalue weighted by atomic mass is 10.0. The molecule has 2 aromatic carbocycles. The van der Waals surface area contributed by atoms with Crippen molar-refractivity contribution in [3.8, 4) is 23.0 Å². The minimum atomic E-state index is 0.634. The molecule has 22 heavy (non-hydrogen) atoms. The van der Waals surface area contributed by atoms with Crippen LogP contribution in [0.4, 0.5) is 0 Å². The van der Waals surface area contributed by atoms with Crippen molar-refractivity contribution >= 4 is 17.1 Å². The van der Waals surface area contributed by atoms with E-state index in [0.717, 1.165) is 16.9 Å². The van der Waals surface area contributed by atoms with Gasteiger partial charge in [0.25, 0.3) is 0 Å². The predicted octanol–water partition coefficient (Wildman–Crippen LogP) is 3.49. The number of hydrogen-bond donors (Lipinski definition) is 0. The number of hydrogen-bond acceptors (Lipinski definition) is 5. The zero-order valence-electron chi connectivity index (χ0n) is 13.0. The maximum Gasteiger partial charge on any atom is 0.161 e. The van der Waals surface area contributed by atoms with Gasteiger partial charge in [0.05, 0.1) is 33.3 Å². The fourth-order valence-electron chi connectivity index (χ4n) is 2.12. The van der Waals surface area contributed by atoms with E-state index in [1.165, 1.54) is 0 Å². The molecule has 116 valence electrons. The number of thiocarbonyl (C=S) groups is 1. The van der Waals surface area contributed by atoms with Crippen LogP contribution in [-0.4, -0.2) is 33.3 Å². The summed E-state index contributed by atoms with van der Waals surface area (Å²) in [6.45, 7) is 0. The van der Waals surface area contributed by atoms with Gasteiger partial charge in [-0.2, -0.15) is 0 Å². The predicted molar refractivity (Wildman–Crippen MR) is 89.9 cm³/mol. The SMILES string of the molecule is COc1ccc(C(=S)c2ccc(OC)c(OC)c2)c(OC)c1. The molecule has 0 bridgehead atoms. The van der Waals surface area contributed by atoms with Crippen molar-refractivity contribution in [2.24, 2.45) is 0 Å². The highest BCUT2D eigenvalue weighted by Crippen LogP contribution is 2.31. The Bertz CT molecular complexity index is 682. The Kier molecular flexibility index (Phi) is 5.22. The maximum absolute atomic E-state index is 5.59. The van der Waals surface area contributed by atoms with Gasteiger partial charge in [0.1, 0.15) is 11.5 Å². The molecule has 0 spiro atoms. The van der Waals surface area contributed by atoms with E-state index in [4.69, 9.17) is 31.2 Å². The van der Waals surface area contributed by atoms with Crippen molar-refractivity contribution in [2.45, 2.75) is 0 Å². The molecule has 5 heteroatoms. The zero-order valence-corrected chi connectivity index (χ0v) is 13.8. The highest BCUT2D eigenvalue weighted by Gasteiger charge is 2.14. The van der Waals surface area contributed by atoms with Crippen molar-refractivity contribution in [2.75, 3.05) is 28.4 Å². The Morgan fingerprint density at radius 3 is 2.00 bits per heavy atom. The lowest BCUT2D eigenvalue weighted by Crippen LogP contribution is -2.04. The van der Waals surface area contributed by atoms with Crippen molar-refractivity contribution in [3.63, 3.8) is 0 Å². The van der Waals surface area contributed by atoms with Crippen LogP contribution < -0.4 is 18.9 Å². The fraction of sp³-hybridized carbons (Fsp3) is 0.235. The molecule has 0 radical (unpaired) electrons. The van der Waals surface area contributed by atoms with Crippen molar-refractivity contribution in [3.05, 3.63) is 47.5 Å². The average molecular weight is 318 g/mol. The van der Waals surface area contributed by atoms with E-state index in [1.807, 2.05) is 36.4 Å². The monoisotopic (exact) mass is 318 g/mol. The Morgan fingerprint density at radius 2 is 1.41 bits per heavy atom. The largest absolute Gasteiger partial charge is 0.497 e. The summed E-state index contributed by atoms with van der Waals surface area (Å²) in [6, 6.07) is 11.1. The van der Waals surface area contributed by atoms with Gasteiger partial charge < -0.3 is 18.9 Å².